The molecular formula is C11H13F4N3. The maximum Gasteiger partial charge on any atom is 0.405 e. The maximum atomic E-state index is 12.8. The van der Waals surface area contributed by atoms with Crippen molar-refractivity contribution in [1.82, 2.24) is 10.9 Å². The first kappa shape index (κ1) is 13.3. The van der Waals surface area contributed by atoms with Gasteiger partial charge in [0, 0.05) is 5.92 Å². The van der Waals surface area contributed by atoms with Crippen LogP contribution < -0.4 is 16.6 Å². The van der Waals surface area contributed by atoms with Crippen LogP contribution in [0.15, 0.2) is 24.3 Å². The standard InChI is InChI=1S/C11H13F4N3/c12-7-3-1-6(2-4-7)9-8(5-16)10(18-17-9)11(13,14)15/h1-4,8-10,17-18H,5,16H2. The fraction of sp³-hybridized carbons (Fsp3) is 0.455. The summed E-state index contributed by atoms with van der Waals surface area (Å²) in [5, 5.41) is 0. The SMILES string of the molecule is NCC1C(c2ccc(F)cc2)NNC1C(F)(F)F. The van der Waals surface area contributed by atoms with Crippen LogP contribution in [0.3, 0.4) is 0 Å². The molecule has 0 saturated carbocycles. The first-order valence-electron chi connectivity index (χ1n) is 5.47. The van der Waals surface area contributed by atoms with Crippen molar-refractivity contribution in [2.24, 2.45) is 11.7 Å². The topological polar surface area (TPSA) is 50.1 Å². The third-order valence-corrected chi connectivity index (χ3v) is 3.10. The highest BCUT2D eigenvalue weighted by Gasteiger charge is 2.50. The summed E-state index contributed by atoms with van der Waals surface area (Å²) < 4.78 is 51.0. The van der Waals surface area contributed by atoms with E-state index in [0.29, 0.717) is 5.56 Å². The number of hydrogen-bond donors (Lipinski definition) is 3. The van der Waals surface area contributed by atoms with Gasteiger partial charge in [-0.2, -0.15) is 13.2 Å². The second-order valence-corrected chi connectivity index (χ2v) is 4.24. The van der Waals surface area contributed by atoms with Crippen molar-refractivity contribution in [2.45, 2.75) is 18.3 Å². The lowest BCUT2D eigenvalue weighted by Crippen LogP contribution is -2.45. The van der Waals surface area contributed by atoms with Crippen molar-refractivity contribution in [3.63, 3.8) is 0 Å². The highest BCUT2D eigenvalue weighted by Crippen LogP contribution is 2.36. The Bertz CT molecular complexity index is 404. The van der Waals surface area contributed by atoms with Gasteiger partial charge < -0.3 is 5.73 Å². The summed E-state index contributed by atoms with van der Waals surface area (Å²) in [4.78, 5) is 0. The van der Waals surface area contributed by atoms with E-state index >= 15 is 0 Å². The molecule has 1 aromatic rings. The van der Waals surface area contributed by atoms with Crippen molar-refractivity contribution in [3.8, 4) is 0 Å². The van der Waals surface area contributed by atoms with E-state index in [2.05, 4.69) is 10.9 Å². The fourth-order valence-electron chi connectivity index (χ4n) is 2.18. The van der Waals surface area contributed by atoms with E-state index in [-0.39, 0.29) is 6.54 Å². The Balaban J connectivity index is 2.22. The van der Waals surface area contributed by atoms with Crippen LogP contribution >= 0.6 is 0 Å². The largest absolute Gasteiger partial charge is 0.405 e. The number of nitrogens with two attached hydrogens (primary N) is 1. The monoisotopic (exact) mass is 263 g/mol. The Labute approximate surface area is 101 Å². The molecule has 1 aliphatic rings. The van der Waals surface area contributed by atoms with Crippen LogP contribution in [0.4, 0.5) is 17.6 Å². The average Bonchev–Trinajstić information content (AvgIpc) is 2.73. The second kappa shape index (κ2) is 4.83. The third-order valence-electron chi connectivity index (χ3n) is 3.10. The molecule has 3 nitrogen and oxygen atoms in total. The fourth-order valence-corrected chi connectivity index (χ4v) is 2.18. The molecule has 0 radical (unpaired) electrons. The zero-order chi connectivity index (χ0) is 13.3. The van der Waals surface area contributed by atoms with E-state index in [1.807, 2.05) is 0 Å². The van der Waals surface area contributed by atoms with E-state index in [1.165, 1.54) is 24.3 Å². The molecule has 4 N–H and O–H groups in total. The van der Waals surface area contributed by atoms with Gasteiger partial charge in [-0.05, 0) is 24.2 Å². The molecule has 0 bridgehead atoms. The lowest BCUT2D eigenvalue weighted by Gasteiger charge is -2.23. The highest BCUT2D eigenvalue weighted by molar-refractivity contribution is 5.22. The van der Waals surface area contributed by atoms with Gasteiger partial charge in [-0.3, -0.25) is 0 Å². The zero-order valence-electron chi connectivity index (χ0n) is 9.34. The molecule has 100 valence electrons. The normalized spacial score (nSPS) is 28.6. The smallest absolute Gasteiger partial charge is 0.330 e. The first-order chi connectivity index (χ1) is 8.43. The van der Waals surface area contributed by atoms with Crippen molar-refractivity contribution < 1.29 is 17.6 Å². The van der Waals surface area contributed by atoms with Crippen LogP contribution in [-0.2, 0) is 0 Å². The molecule has 2 rings (SSSR count). The Kier molecular flexibility index (Phi) is 3.56. The Morgan fingerprint density at radius 3 is 2.22 bits per heavy atom. The summed E-state index contributed by atoms with van der Waals surface area (Å²) >= 11 is 0. The Hall–Kier alpha value is -1.18. The summed E-state index contributed by atoms with van der Waals surface area (Å²) in [6.07, 6.45) is -4.37. The quantitative estimate of drug-likeness (QED) is 0.708. The highest BCUT2D eigenvalue weighted by atomic mass is 19.4. The van der Waals surface area contributed by atoms with Crippen LogP contribution in [0.25, 0.3) is 0 Å². The molecule has 1 aromatic carbocycles. The van der Waals surface area contributed by atoms with E-state index < -0.39 is 30.0 Å². The van der Waals surface area contributed by atoms with Crippen LogP contribution in [0, 0.1) is 11.7 Å². The molecule has 0 spiro atoms. The van der Waals surface area contributed by atoms with Crippen molar-refractivity contribution >= 4 is 0 Å². The molecule has 3 unspecified atom stereocenters. The average molecular weight is 263 g/mol. The number of alkyl halides is 3. The molecule has 0 aromatic heterocycles. The van der Waals surface area contributed by atoms with Gasteiger partial charge in [-0.25, -0.2) is 15.2 Å². The number of hydrazine groups is 1. The van der Waals surface area contributed by atoms with Gasteiger partial charge in [0.2, 0.25) is 0 Å². The number of nitrogens with one attached hydrogen (secondary N) is 2. The van der Waals surface area contributed by atoms with Crippen LogP contribution in [0.1, 0.15) is 11.6 Å². The number of halogens is 4. The second-order valence-electron chi connectivity index (χ2n) is 4.24. The minimum Gasteiger partial charge on any atom is -0.330 e. The van der Waals surface area contributed by atoms with Gasteiger partial charge >= 0.3 is 6.18 Å². The molecule has 7 heteroatoms. The maximum absolute atomic E-state index is 12.8. The summed E-state index contributed by atoms with van der Waals surface area (Å²) in [5.74, 6) is -1.25. The Morgan fingerprint density at radius 2 is 1.72 bits per heavy atom. The molecule has 3 atom stereocenters. The van der Waals surface area contributed by atoms with Crippen molar-refractivity contribution in [1.29, 1.82) is 0 Å². The summed E-state index contributed by atoms with van der Waals surface area (Å²) in [5.41, 5.74) is 10.8. The predicted molar refractivity (Wildman–Crippen MR) is 57.8 cm³/mol. The third kappa shape index (κ3) is 2.47. The molecule has 18 heavy (non-hydrogen) atoms. The molecule has 0 aliphatic carbocycles. The lowest BCUT2D eigenvalue weighted by atomic mass is 9.89. The van der Waals surface area contributed by atoms with Crippen LogP contribution in [-0.4, -0.2) is 18.8 Å². The van der Waals surface area contributed by atoms with Crippen LogP contribution in [0.5, 0.6) is 0 Å². The Morgan fingerprint density at radius 1 is 1.11 bits per heavy atom. The van der Waals surface area contributed by atoms with Crippen molar-refractivity contribution in [2.75, 3.05) is 6.54 Å². The van der Waals surface area contributed by atoms with E-state index in [1.54, 1.807) is 0 Å². The van der Waals surface area contributed by atoms with E-state index in [0.717, 1.165) is 0 Å². The van der Waals surface area contributed by atoms with Gasteiger partial charge in [0.1, 0.15) is 11.9 Å². The minimum atomic E-state index is -4.37. The van der Waals surface area contributed by atoms with Gasteiger partial charge in [-0.15, -0.1) is 0 Å². The molecule has 1 saturated heterocycles. The molecule has 1 aliphatic heterocycles. The molecule has 1 fully saturated rings. The van der Waals surface area contributed by atoms with Crippen molar-refractivity contribution in [3.05, 3.63) is 35.6 Å². The number of hydrogen-bond acceptors (Lipinski definition) is 3. The number of rotatable bonds is 2. The van der Waals surface area contributed by atoms with E-state index in [9.17, 15) is 17.6 Å². The van der Waals surface area contributed by atoms with Gasteiger partial charge in [0.25, 0.3) is 0 Å². The van der Waals surface area contributed by atoms with Gasteiger partial charge in [-0.1, -0.05) is 12.1 Å². The minimum absolute atomic E-state index is 0.119. The van der Waals surface area contributed by atoms with E-state index in [4.69, 9.17) is 5.73 Å². The number of benzene rings is 1. The van der Waals surface area contributed by atoms with Gasteiger partial charge in [0.15, 0.2) is 0 Å². The first-order valence-corrected chi connectivity index (χ1v) is 5.47. The predicted octanol–water partition coefficient (Wildman–Crippen LogP) is 1.48. The van der Waals surface area contributed by atoms with Crippen LogP contribution in [0.2, 0.25) is 0 Å². The summed E-state index contributed by atoms with van der Waals surface area (Å²) in [7, 11) is 0. The van der Waals surface area contributed by atoms with Gasteiger partial charge in [0.05, 0.1) is 6.04 Å². The zero-order valence-corrected chi connectivity index (χ0v) is 9.34. The summed E-state index contributed by atoms with van der Waals surface area (Å²) in [6.45, 7) is -0.119. The molecular weight excluding hydrogens is 250 g/mol. The molecule has 0 amide bonds. The molecule has 1 heterocycles. The lowest BCUT2D eigenvalue weighted by molar-refractivity contribution is -0.161. The summed E-state index contributed by atoms with van der Waals surface area (Å²) in [6, 6.07) is 3.06.